The zero-order valence-electron chi connectivity index (χ0n) is 19.3. The Morgan fingerprint density at radius 2 is 1.78 bits per heavy atom. The summed E-state index contributed by atoms with van der Waals surface area (Å²) >= 11 is 18.7. The predicted octanol–water partition coefficient (Wildman–Crippen LogP) is 6.90. The molecule has 0 saturated heterocycles. The van der Waals surface area contributed by atoms with E-state index in [1.165, 1.54) is 24.4 Å². The first-order chi connectivity index (χ1) is 17.8. The molecule has 0 radical (unpaired) electrons. The summed E-state index contributed by atoms with van der Waals surface area (Å²) in [6, 6.07) is 17.3. The largest absolute Gasteiger partial charge is 0.373 e. The first kappa shape index (κ1) is 24.9. The number of nitrogens with one attached hydrogen (secondary N) is 4. The third-order valence-corrected chi connectivity index (χ3v) is 6.60. The topological polar surface area (TPSA) is 88.0 Å². The van der Waals surface area contributed by atoms with Crippen molar-refractivity contribution in [3.8, 4) is 6.07 Å². The van der Waals surface area contributed by atoms with E-state index in [4.69, 9.17) is 34.8 Å². The molecule has 1 aromatic heterocycles. The van der Waals surface area contributed by atoms with Crippen molar-refractivity contribution in [3.05, 3.63) is 105 Å². The van der Waals surface area contributed by atoms with Crippen LogP contribution in [0.15, 0.2) is 72.7 Å². The van der Waals surface area contributed by atoms with E-state index in [1.807, 2.05) is 43.6 Å². The number of nitriles is 1. The van der Waals surface area contributed by atoms with Crippen LogP contribution in [-0.2, 0) is 0 Å². The van der Waals surface area contributed by atoms with Gasteiger partial charge in [0.05, 0.1) is 38.6 Å². The molecule has 5 rings (SSSR count). The molecule has 1 unspecified atom stereocenters. The average molecular weight is 555 g/mol. The van der Waals surface area contributed by atoms with Gasteiger partial charge in [0.1, 0.15) is 11.9 Å². The molecule has 2 heterocycles. The second-order valence-electron chi connectivity index (χ2n) is 8.33. The van der Waals surface area contributed by atoms with E-state index in [1.54, 1.807) is 11.1 Å². The lowest BCUT2D eigenvalue weighted by Crippen LogP contribution is -2.35. The second kappa shape index (κ2) is 10.3. The van der Waals surface area contributed by atoms with Crippen LogP contribution < -0.4 is 21.6 Å². The number of halogens is 4. The molecule has 3 aromatic carbocycles. The highest BCUT2D eigenvalue weighted by molar-refractivity contribution is 6.36. The number of hydrogen-bond acceptors (Lipinski definition) is 7. The molecule has 11 heteroatoms. The zero-order valence-corrected chi connectivity index (χ0v) is 21.5. The molecule has 4 N–H and O–H groups in total. The van der Waals surface area contributed by atoms with Crippen molar-refractivity contribution < 1.29 is 4.39 Å². The Labute approximate surface area is 227 Å². The summed E-state index contributed by atoms with van der Waals surface area (Å²) in [5.41, 5.74) is 10.5. The first-order valence-corrected chi connectivity index (χ1v) is 12.2. The van der Waals surface area contributed by atoms with E-state index in [9.17, 15) is 9.65 Å². The number of benzene rings is 3. The van der Waals surface area contributed by atoms with Gasteiger partial charge in [-0.25, -0.2) is 4.39 Å². The molecular formula is C26H19Cl3FN7. The highest BCUT2D eigenvalue weighted by atomic mass is 35.5. The van der Waals surface area contributed by atoms with Crippen molar-refractivity contribution >= 4 is 62.8 Å². The SMILES string of the molecule is CN1C=C(C(Nc2cc(Cl)c3ncc(C#N)c(Nc4ccc(F)c(Cl)c4)c3c2)c2ccc(Cl)cc2)NN1. The molecular weight excluding hydrogens is 536 g/mol. The van der Waals surface area contributed by atoms with E-state index in [0.717, 1.165) is 11.3 Å². The minimum Gasteiger partial charge on any atom is -0.373 e. The Morgan fingerprint density at radius 3 is 2.46 bits per heavy atom. The molecule has 1 atom stereocenters. The summed E-state index contributed by atoms with van der Waals surface area (Å²) in [6.07, 6.45) is 3.37. The highest BCUT2D eigenvalue weighted by Crippen LogP contribution is 2.37. The quantitative estimate of drug-likeness (QED) is 0.206. The molecule has 0 saturated carbocycles. The van der Waals surface area contributed by atoms with Crippen LogP contribution in [0.2, 0.25) is 15.1 Å². The summed E-state index contributed by atoms with van der Waals surface area (Å²) in [4.78, 5) is 4.40. The van der Waals surface area contributed by atoms with Gasteiger partial charge in [-0.3, -0.25) is 9.99 Å². The maximum absolute atomic E-state index is 13.7. The fraction of sp³-hybridized carbons (Fsp3) is 0.0769. The van der Waals surface area contributed by atoms with Crippen LogP contribution in [0.4, 0.5) is 21.5 Å². The van der Waals surface area contributed by atoms with Gasteiger partial charge >= 0.3 is 0 Å². The van der Waals surface area contributed by atoms with Gasteiger partial charge in [0.2, 0.25) is 0 Å². The van der Waals surface area contributed by atoms with Crippen molar-refractivity contribution in [2.75, 3.05) is 17.7 Å². The number of hydrazine groups is 2. The Balaban J connectivity index is 1.60. The molecule has 0 bridgehead atoms. The number of rotatable bonds is 6. The lowest BCUT2D eigenvalue weighted by Gasteiger charge is -2.22. The molecule has 0 amide bonds. The van der Waals surface area contributed by atoms with Gasteiger partial charge in [-0.2, -0.15) is 5.26 Å². The van der Waals surface area contributed by atoms with Gasteiger partial charge in [0.15, 0.2) is 0 Å². The zero-order chi connectivity index (χ0) is 26.1. The summed E-state index contributed by atoms with van der Waals surface area (Å²) in [5.74, 6) is -0.537. The van der Waals surface area contributed by atoms with Gasteiger partial charge in [-0.05, 0) is 48.0 Å². The Hall–Kier alpha value is -3.74. The van der Waals surface area contributed by atoms with Crippen LogP contribution in [0.1, 0.15) is 17.2 Å². The lowest BCUT2D eigenvalue weighted by atomic mass is 10.0. The van der Waals surface area contributed by atoms with Crippen LogP contribution >= 0.6 is 34.8 Å². The molecule has 0 fully saturated rings. The first-order valence-electron chi connectivity index (χ1n) is 11.0. The highest BCUT2D eigenvalue weighted by Gasteiger charge is 2.22. The van der Waals surface area contributed by atoms with Crippen molar-refractivity contribution in [2.45, 2.75) is 6.04 Å². The molecule has 186 valence electrons. The molecule has 0 aliphatic carbocycles. The van der Waals surface area contributed by atoms with Gasteiger partial charge in [0, 0.05) is 41.2 Å². The molecule has 37 heavy (non-hydrogen) atoms. The van der Waals surface area contributed by atoms with Crippen molar-refractivity contribution in [3.63, 3.8) is 0 Å². The van der Waals surface area contributed by atoms with Gasteiger partial charge < -0.3 is 16.1 Å². The van der Waals surface area contributed by atoms with Crippen molar-refractivity contribution in [1.82, 2.24) is 21.0 Å². The van der Waals surface area contributed by atoms with Crippen molar-refractivity contribution in [2.24, 2.45) is 0 Å². The normalized spacial score (nSPS) is 13.6. The standard InChI is InChI=1S/C26H19Cl3FN7/c1-37-13-23(35-36-37)25(14-2-4-16(27)5-3-14)34-18-8-19-24(33-17-6-7-22(30)20(28)9-17)15(11-31)12-32-26(19)21(29)10-18/h2-10,12-13,25,34-36H,1H3,(H,32,33). The summed E-state index contributed by atoms with van der Waals surface area (Å²) in [6.45, 7) is 0. The number of anilines is 3. The van der Waals surface area contributed by atoms with Crippen LogP contribution in [0.3, 0.4) is 0 Å². The fourth-order valence-electron chi connectivity index (χ4n) is 4.02. The van der Waals surface area contributed by atoms with Crippen LogP contribution in [-0.4, -0.2) is 17.0 Å². The average Bonchev–Trinajstić information content (AvgIpc) is 3.31. The Kier molecular flexibility index (Phi) is 6.96. The number of pyridine rings is 1. The van der Waals surface area contributed by atoms with Crippen LogP contribution in [0.25, 0.3) is 10.9 Å². The van der Waals surface area contributed by atoms with E-state index >= 15 is 0 Å². The van der Waals surface area contributed by atoms with Crippen LogP contribution in [0, 0.1) is 17.1 Å². The van der Waals surface area contributed by atoms with E-state index in [-0.39, 0.29) is 11.1 Å². The number of aromatic nitrogens is 1. The van der Waals surface area contributed by atoms with E-state index in [2.05, 4.69) is 32.6 Å². The Bertz CT molecular complexity index is 1570. The second-order valence-corrected chi connectivity index (χ2v) is 9.58. The maximum atomic E-state index is 13.7. The molecule has 1 aliphatic rings. The van der Waals surface area contributed by atoms with Gasteiger partial charge in [0.25, 0.3) is 0 Å². The number of fused-ring (bicyclic) bond motifs is 1. The lowest BCUT2D eigenvalue weighted by molar-refractivity contribution is 0.326. The number of hydrogen-bond donors (Lipinski definition) is 4. The Morgan fingerprint density at radius 1 is 1.03 bits per heavy atom. The van der Waals surface area contributed by atoms with E-state index < -0.39 is 5.82 Å². The molecule has 7 nitrogen and oxygen atoms in total. The fourth-order valence-corrected chi connectivity index (χ4v) is 4.59. The predicted molar refractivity (Wildman–Crippen MR) is 146 cm³/mol. The third-order valence-electron chi connectivity index (χ3n) is 5.77. The smallest absolute Gasteiger partial charge is 0.141 e. The van der Waals surface area contributed by atoms with Gasteiger partial charge in [-0.1, -0.05) is 46.9 Å². The monoisotopic (exact) mass is 553 g/mol. The minimum atomic E-state index is -0.537. The molecule has 4 aromatic rings. The summed E-state index contributed by atoms with van der Waals surface area (Å²) in [5, 5.41) is 19.9. The maximum Gasteiger partial charge on any atom is 0.141 e. The van der Waals surface area contributed by atoms with Gasteiger partial charge in [-0.15, -0.1) is 5.53 Å². The number of nitrogens with zero attached hydrogens (tertiary/aromatic N) is 3. The summed E-state index contributed by atoms with van der Waals surface area (Å²) < 4.78 is 13.7. The van der Waals surface area contributed by atoms with Crippen LogP contribution in [0.5, 0.6) is 0 Å². The molecule has 0 spiro atoms. The summed E-state index contributed by atoms with van der Waals surface area (Å²) in [7, 11) is 1.88. The molecule has 1 aliphatic heterocycles. The van der Waals surface area contributed by atoms with Crippen molar-refractivity contribution in [1.29, 1.82) is 5.26 Å². The minimum absolute atomic E-state index is 0.0380. The van der Waals surface area contributed by atoms with E-state index in [0.29, 0.717) is 43.6 Å². The third kappa shape index (κ3) is 5.22.